The predicted molar refractivity (Wildman–Crippen MR) is 100 cm³/mol. The van der Waals surface area contributed by atoms with Crippen molar-refractivity contribution in [2.24, 2.45) is 0 Å². The van der Waals surface area contributed by atoms with Crippen LogP contribution >= 0.6 is 15.9 Å². The van der Waals surface area contributed by atoms with E-state index >= 15 is 0 Å². The first kappa shape index (κ1) is 17.2. The molecule has 0 spiro atoms. The van der Waals surface area contributed by atoms with Gasteiger partial charge in [-0.25, -0.2) is 4.79 Å². The van der Waals surface area contributed by atoms with E-state index in [4.69, 9.17) is 9.15 Å². The zero-order valence-electron chi connectivity index (χ0n) is 13.7. The average Bonchev–Trinajstić information content (AvgIpc) is 2.56. The Morgan fingerprint density at radius 1 is 1.16 bits per heavy atom. The summed E-state index contributed by atoms with van der Waals surface area (Å²) < 4.78 is 11.8. The van der Waals surface area contributed by atoms with Crippen LogP contribution in [-0.2, 0) is 4.79 Å². The lowest BCUT2D eigenvalue weighted by atomic mass is 10.1. The van der Waals surface area contributed by atoms with Gasteiger partial charge in [0.05, 0.1) is 0 Å². The summed E-state index contributed by atoms with van der Waals surface area (Å²) in [5, 5.41) is 3.62. The maximum absolute atomic E-state index is 12.3. The molecule has 3 rings (SSSR count). The largest absolute Gasteiger partial charge is 0.481 e. The zero-order valence-corrected chi connectivity index (χ0v) is 15.3. The van der Waals surface area contributed by atoms with Crippen molar-refractivity contribution in [3.63, 3.8) is 0 Å². The number of carbonyl (C=O) groups is 1. The molecule has 1 atom stereocenters. The van der Waals surface area contributed by atoms with Crippen LogP contribution in [0.4, 0.5) is 5.69 Å². The van der Waals surface area contributed by atoms with E-state index in [9.17, 15) is 9.59 Å². The molecule has 6 heteroatoms. The molecule has 25 heavy (non-hydrogen) atoms. The van der Waals surface area contributed by atoms with Gasteiger partial charge in [-0.3, -0.25) is 4.79 Å². The maximum atomic E-state index is 12.3. The Morgan fingerprint density at radius 3 is 2.60 bits per heavy atom. The number of nitrogens with one attached hydrogen (secondary N) is 1. The number of aryl methyl sites for hydroxylation is 1. The second kappa shape index (κ2) is 7.11. The molecule has 0 bridgehead atoms. The van der Waals surface area contributed by atoms with Gasteiger partial charge in [0, 0.05) is 27.7 Å². The summed E-state index contributed by atoms with van der Waals surface area (Å²) in [5.74, 6) is 0.188. The van der Waals surface area contributed by atoms with Crippen LogP contribution in [0.15, 0.2) is 62.2 Å². The molecule has 0 aliphatic rings. The van der Waals surface area contributed by atoms with Gasteiger partial charge in [-0.1, -0.05) is 15.9 Å². The minimum absolute atomic E-state index is 0.270. The molecule has 5 nitrogen and oxygen atoms in total. The molecule has 0 saturated carbocycles. The lowest BCUT2D eigenvalue weighted by molar-refractivity contribution is -0.122. The van der Waals surface area contributed by atoms with Crippen molar-refractivity contribution in [1.29, 1.82) is 0 Å². The quantitative estimate of drug-likeness (QED) is 0.662. The number of hydrogen-bond donors (Lipinski definition) is 1. The molecular formula is C19H16BrNO4. The number of fused-ring (bicyclic) bond motifs is 1. The van der Waals surface area contributed by atoms with E-state index in [1.165, 1.54) is 6.07 Å². The summed E-state index contributed by atoms with van der Waals surface area (Å²) >= 11 is 3.35. The van der Waals surface area contributed by atoms with Crippen LogP contribution in [0.25, 0.3) is 11.0 Å². The van der Waals surface area contributed by atoms with Gasteiger partial charge < -0.3 is 14.5 Å². The van der Waals surface area contributed by atoms with Crippen molar-refractivity contribution < 1.29 is 13.9 Å². The van der Waals surface area contributed by atoms with Crippen molar-refractivity contribution in [2.75, 3.05) is 5.32 Å². The highest BCUT2D eigenvalue weighted by Crippen LogP contribution is 2.23. The van der Waals surface area contributed by atoms with Gasteiger partial charge in [0.15, 0.2) is 6.10 Å². The summed E-state index contributed by atoms with van der Waals surface area (Å²) in [6, 6.07) is 13.9. The van der Waals surface area contributed by atoms with Crippen LogP contribution in [0.3, 0.4) is 0 Å². The summed E-state index contributed by atoms with van der Waals surface area (Å²) in [4.78, 5) is 23.8. The highest BCUT2D eigenvalue weighted by Gasteiger charge is 2.15. The Labute approximate surface area is 152 Å². The summed E-state index contributed by atoms with van der Waals surface area (Å²) in [6.45, 7) is 3.50. The maximum Gasteiger partial charge on any atom is 0.336 e. The molecule has 0 aliphatic heterocycles. The third kappa shape index (κ3) is 4.09. The molecule has 128 valence electrons. The number of hydrogen-bond acceptors (Lipinski definition) is 4. The third-order valence-corrected chi connectivity index (χ3v) is 4.25. The zero-order chi connectivity index (χ0) is 18.0. The first-order valence-electron chi connectivity index (χ1n) is 7.70. The van der Waals surface area contributed by atoms with Crippen molar-refractivity contribution >= 4 is 38.5 Å². The van der Waals surface area contributed by atoms with E-state index in [1.807, 2.05) is 25.1 Å². The molecule has 3 aromatic rings. The van der Waals surface area contributed by atoms with E-state index in [2.05, 4.69) is 21.2 Å². The molecule has 1 aromatic heterocycles. The van der Waals surface area contributed by atoms with Crippen LogP contribution in [-0.4, -0.2) is 12.0 Å². The summed E-state index contributed by atoms with van der Waals surface area (Å²) in [5.41, 5.74) is 1.54. The van der Waals surface area contributed by atoms with E-state index in [-0.39, 0.29) is 5.91 Å². The molecule has 0 aliphatic carbocycles. The molecule has 2 aromatic carbocycles. The topological polar surface area (TPSA) is 68.5 Å². The minimum Gasteiger partial charge on any atom is -0.481 e. The fourth-order valence-electron chi connectivity index (χ4n) is 2.41. The Balaban J connectivity index is 1.74. The van der Waals surface area contributed by atoms with Crippen LogP contribution in [0.5, 0.6) is 5.75 Å². The third-order valence-electron chi connectivity index (χ3n) is 3.72. The number of carbonyl (C=O) groups excluding carboxylic acids is 1. The Bertz CT molecular complexity index is 979. The highest BCUT2D eigenvalue weighted by atomic mass is 79.9. The monoisotopic (exact) mass is 401 g/mol. The van der Waals surface area contributed by atoms with E-state index in [0.29, 0.717) is 17.0 Å². The average molecular weight is 402 g/mol. The van der Waals surface area contributed by atoms with Crippen LogP contribution in [0.2, 0.25) is 0 Å². The Morgan fingerprint density at radius 2 is 1.88 bits per heavy atom. The second-order valence-electron chi connectivity index (χ2n) is 5.66. The van der Waals surface area contributed by atoms with Gasteiger partial charge in [0.2, 0.25) is 0 Å². The molecular weight excluding hydrogens is 386 g/mol. The van der Waals surface area contributed by atoms with Gasteiger partial charge in [-0.05, 0) is 55.8 Å². The number of halogens is 1. The second-order valence-corrected chi connectivity index (χ2v) is 6.58. The fourth-order valence-corrected chi connectivity index (χ4v) is 2.68. The fraction of sp³-hybridized carbons (Fsp3) is 0.158. The van der Waals surface area contributed by atoms with Crippen LogP contribution < -0.4 is 15.7 Å². The van der Waals surface area contributed by atoms with Crippen molar-refractivity contribution in [3.8, 4) is 5.75 Å². The molecule has 0 unspecified atom stereocenters. The van der Waals surface area contributed by atoms with Gasteiger partial charge in [0.1, 0.15) is 11.3 Å². The molecule has 0 radical (unpaired) electrons. The van der Waals surface area contributed by atoms with E-state index < -0.39 is 11.7 Å². The predicted octanol–water partition coefficient (Wildman–Crippen LogP) is 4.27. The smallest absolute Gasteiger partial charge is 0.336 e. The van der Waals surface area contributed by atoms with Crippen LogP contribution in [0, 0.1) is 6.92 Å². The molecule has 1 heterocycles. The van der Waals surface area contributed by atoms with E-state index in [0.717, 1.165) is 15.4 Å². The Hall–Kier alpha value is -2.60. The number of benzene rings is 2. The molecule has 1 amide bonds. The Kier molecular flexibility index (Phi) is 4.90. The minimum atomic E-state index is -0.711. The van der Waals surface area contributed by atoms with Gasteiger partial charge in [-0.15, -0.1) is 0 Å². The van der Waals surface area contributed by atoms with Crippen molar-refractivity contribution in [1.82, 2.24) is 0 Å². The van der Waals surface area contributed by atoms with Gasteiger partial charge >= 0.3 is 5.63 Å². The van der Waals surface area contributed by atoms with Crippen LogP contribution in [0.1, 0.15) is 12.5 Å². The molecule has 0 saturated heterocycles. The summed E-state index contributed by atoms with van der Waals surface area (Å²) in [6.07, 6.45) is -0.711. The molecule has 0 fully saturated rings. The van der Waals surface area contributed by atoms with Gasteiger partial charge in [0.25, 0.3) is 5.91 Å². The van der Waals surface area contributed by atoms with Gasteiger partial charge in [-0.2, -0.15) is 0 Å². The number of amides is 1. The lowest BCUT2D eigenvalue weighted by Gasteiger charge is -2.15. The first-order valence-corrected chi connectivity index (χ1v) is 8.49. The number of rotatable bonds is 4. The van der Waals surface area contributed by atoms with Crippen molar-refractivity contribution in [2.45, 2.75) is 20.0 Å². The normalized spacial score (nSPS) is 12.0. The molecule has 1 N–H and O–H groups in total. The number of anilines is 1. The SMILES string of the molecule is Cc1cc(=O)oc2cc(O[C@@H](C)C(=O)Nc3ccc(Br)cc3)ccc12. The first-order chi connectivity index (χ1) is 11.9. The van der Waals surface area contributed by atoms with E-state index in [1.54, 1.807) is 31.2 Å². The summed E-state index contributed by atoms with van der Waals surface area (Å²) in [7, 11) is 0. The highest BCUT2D eigenvalue weighted by molar-refractivity contribution is 9.10. The number of ether oxygens (including phenoxy) is 1. The standard InChI is InChI=1S/C19H16BrNO4/c1-11-9-18(22)25-17-10-15(7-8-16(11)17)24-12(2)19(23)21-14-5-3-13(20)4-6-14/h3-10,12H,1-2H3,(H,21,23)/t12-/m0/s1. The lowest BCUT2D eigenvalue weighted by Crippen LogP contribution is -2.30. The van der Waals surface area contributed by atoms with Crippen molar-refractivity contribution in [3.05, 3.63) is 69.0 Å².